The van der Waals surface area contributed by atoms with Crippen molar-refractivity contribution in [2.75, 3.05) is 5.73 Å². The molecule has 1 nitrogen and oxygen atoms in total. The summed E-state index contributed by atoms with van der Waals surface area (Å²) in [6.07, 6.45) is 0. The van der Waals surface area contributed by atoms with Gasteiger partial charge >= 0.3 is 5.51 Å². The molecule has 0 aliphatic carbocycles. The number of nitrogens with two attached hydrogens (primary N) is 1. The standard InChI is InChI=1S/C7H6F3NS/c8-7(9,10)12-6-4-2-1-3-5(6)11/h1-4H,11H2. The molecule has 0 unspecified atom stereocenters. The second-order valence-corrected chi connectivity index (χ2v) is 3.19. The van der Waals surface area contributed by atoms with Crippen molar-refractivity contribution in [3.8, 4) is 0 Å². The van der Waals surface area contributed by atoms with E-state index in [0.717, 1.165) is 0 Å². The maximum absolute atomic E-state index is 11.8. The molecule has 5 heteroatoms. The van der Waals surface area contributed by atoms with E-state index in [4.69, 9.17) is 5.73 Å². The van der Waals surface area contributed by atoms with Gasteiger partial charge in [0.2, 0.25) is 0 Å². The molecule has 66 valence electrons. The van der Waals surface area contributed by atoms with Gasteiger partial charge in [-0.25, -0.2) is 0 Å². The maximum atomic E-state index is 11.8. The number of para-hydroxylation sites is 1. The van der Waals surface area contributed by atoms with E-state index in [1.165, 1.54) is 18.2 Å². The number of hydrogen-bond acceptors (Lipinski definition) is 2. The van der Waals surface area contributed by atoms with E-state index < -0.39 is 5.51 Å². The lowest BCUT2D eigenvalue weighted by Crippen LogP contribution is -2.00. The normalized spacial score (nSPS) is 11.6. The van der Waals surface area contributed by atoms with Crippen LogP contribution >= 0.6 is 11.8 Å². The molecular weight excluding hydrogens is 187 g/mol. The van der Waals surface area contributed by atoms with Crippen LogP contribution in [0.25, 0.3) is 0 Å². The Hall–Kier alpha value is -0.840. The van der Waals surface area contributed by atoms with Crippen molar-refractivity contribution in [3.63, 3.8) is 0 Å². The Kier molecular flexibility index (Phi) is 2.52. The minimum absolute atomic E-state index is 0.0463. The van der Waals surface area contributed by atoms with Crippen LogP contribution in [0.2, 0.25) is 0 Å². The average molecular weight is 193 g/mol. The van der Waals surface area contributed by atoms with Crippen LogP contribution in [-0.4, -0.2) is 5.51 Å². The van der Waals surface area contributed by atoms with Gasteiger partial charge in [0, 0.05) is 10.6 Å². The van der Waals surface area contributed by atoms with Gasteiger partial charge in [0.05, 0.1) is 0 Å². The van der Waals surface area contributed by atoms with Gasteiger partial charge in [-0.3, -0.25) is 0 Å². The molecule has 0 atom stereocenters. The monoisotopic (exact) mass is 193 g/mol. The fraction of sp³-hybridized carbons (Fsp3) is 0.143. The van der Waals surface area contributed by atoms with Crippen molar-refractivity contribution in [3.05, 3.63) is 24.3 Å². The van der Waals surface area contributed by atoms with Crippen LogP contribution in [0.5, 0.6) is 0 Å². The molecule has 0 aliphatic heterocycles. The van der Waals surface area contributed by atoms with Crippen molar-refractivity contribution < 1.29 is 13.2 Å². The van der Waals surface area contributed by atoms with Crippen LogP contribution in [0.4, 0.5) is 18.9 Å². The van der Waals surface area contributed by atoms with Crippen LogP contribution in [0, 0.1) is 0 Å². The molecule has 0 spiro atoms. The minimum atomic E-state index is -4.27. The Morgan fingerprint density at radius 3 is 2.25 bits per heavy atom. The lowest BCUT2D eigenvalue weighted by Gasteiger charge is -2.06. The zero-order valence-electron chi connectivity index (χ0n) is 5.93. The molecule has 0 saturated carbocycles. The Morgan fingerprint density at radius 1 is 1.17 bits per heavy atom. The predicted molar refractivity (Wildman–Crippen MR) is 42.8 cm³/mol. The predicted octanol–water partition coefficient (Wildman–Crippen LogP) is 2.88. The summed E-state index contributed by atoms with van der Waals surface area (Å²) in [5, 5.41) is 0. The van der Waals surface area contributed by atoms with Crippen molar-refractivity contribution >= 4 is 17.4 Å². The molecule has 0 saturated heterocycles. The molecule has 1 aromatic rings. The first-order chi connectivity index (χ1) is 5.49. The van der Waals surface area contributed by atoms with E-state index in [2.05, 4.69) is 0 Å². The van der Waals surface area contributed by atoms with Gasteiger partial charge in [-0.15, -0.1) is 0 Å². The molecule has 2 N–H and O–H groups in total. The van der Waals surface area contributed by atoms with Gasteiger partial charge in [0.15, 0.2) is 0 Å². The van der Waals surface area contributed by atoms with Crippen molar-refractivity contribution in [2.45, 2.75) is 10.4 Å². The molecule has 12 heavy (non-hydrogen) atoms. The summed E-state index contributed by atoms with van der Waals surface area (Å²) in [4.78, 5) is 0.0463. The molecule has 1 rings (SSSR count). The molecule has 0 bridgehead atoms. The van der Waals surface area contributed by atoms with Crippen LogP contribution in [-0.2, 0) is 0 Å². The molecule has 0 radical (unpaired) electrons. The highest BCUT2D eigenvalue weighted by Crippen LogP contribution is 2.39. The summed E-state index contributed by atoms with van der Waals surface area (Å²) < 4.78 is 35.5. The highest BCUT2D eigenvalue weighted by Gasteiger charge is 2.29. The van der Waals surface area contributed by atoms with Gasteiger partial charge in [-0.1, -0.05) is 12.1 Å². The lowest BCUT2D eigenvalue weighted by molar-refractivity contribution is -0.0327. The summed E-state index contributed by atoms with van der Waals surface area (Å²) >= 11 is -0.198. The third-order valence-corrected chi connectivity index (χ3v) is 1.97. The average Bonchev–Trinajstić information content (AvgIpc) is 1.91. The van der Waals surface area contributed by atoms with Gasteiger partial charge in [-0.2, -0.15) is 13.2 Å². The van der Waals surface area contributed by atoms with Crippen LogP contribution < -0.4 is 5.73 Å². The summed E-state index contributed by atoms with van der Waals surface area (Å²) in [7, 11) is 0. The second kappa shape index (κ2) is 3.26. The fourth-order valence-electron chi connectivity index (χ4n) is 0.698. The van der Waals surface area contributed by atoms with Crippen LogP contribution in [0.3, 0.4) is 0 Å². The molecule has 0 heterocycles. The third kappa shape index (κ3) is 2.65. The van der Waals surface area contributed by atoms with Crippen LogP contribution in [0.1, 0.15) is 0 Å². The first-order valence-corrected chi connectivity index (χ1v) is 3.91. The van der Waals surface area contributed by atoms with E-state index in [-0.39, 0.29) is 22.3 Å². The molecule has 0 aromatic heterocycles. The SMILES string of the molecule is Nc1ccccc1SC(F)(F)F. The Balaban J connectivity index is 2.83. The van der Waals surface area contributed by atoms with Crippen molar-refractivity contribution in [1.82, 2.24) is 0 Å². The van der Waals surface area contributed by atoms with Crippen LogP contribution in [0.15, 0.2) is 29.2 Å². The smallest absolute Gasteiger partial charge is 0.398 e. The van der Waals surface area contributed by atoms with E-state index >= 15 is 0 Å². The van der Waals surface area contributed by atoms with Crippen molar-refractivity contribution in [2.24, 2.45) is 0 Å². The summed E-state index contributed by atoms with van der Waals surface area (Å²) in [6.45, 7) is 0. The third-order valence-electron chi connectivity index (χ3n) is 1.14. The number of hydrogen-bond donors (Lipinski definition) is 1. The quantitative estimate of drug-likeness (QED) is 0.548. The number of halogens is 3. The number of nitrogen functional groups attached to an aromatic ring is 1. The number of benzene rings is 1. The van der Waals surface area contributed by atoms with Crippen molar-refractivity contribution in [1.29, 1.82) is 0 Å². The molecular formula is C7H6F3NS. The topological polar surface area (TPSA) is 26.0 Å². The van der Waals surface area contributed by atoms with Gasteiger partial charge in [0.25, 0.3) is 0 Å². The Labute approximate surface area is 71.8 Å². The Morgan fingerprint density at radius 2 is 1.75 bits per heavy atom. The number of anilines is 1. The largest absolute Gasteiger partial charge is 0.446 e. The van der Waals surface area contributed by atoms with Gasteiger partial charge in [0.1, 0.15) is 0 Å². The summed E-state index contributed by atoms with van der Waals surface area (Å²) in [5.41, 5.74) is 1.19. The highest BCUT2D eigenvalue weighted by molar-refractivity contribution is 8.00. The Bertz CT molecular complexity index is 272. The van der Waals surface area contributed by atoms with Gasteiger partial charge in [-0.05, 0) is 23.9 Å². The second-order valence-electron chi connectivity index (χ2n) is 2.09. The molecule has 0 aliphatic rings. The van der Waals surface area contributed by atoms with E-state index in [1.54, 1.807) is 6.07 Å². The summed E-state index contributed by atoms with van der Waals surface area (Å²) in [6, 6.07) is 5.89. The van der Waals surface area contributed by atoms with E-state index in [9.17, 15) is 13.2 Å². The lowest BCUT2D eigenvalue weighted by atomic mass is 10.3. The summed E-state index contributed by atoms with van der Waals surface area (Å²) in [5.74, 6) is 0. The number of alkyl halides is 3. The van der Waals surface area contributed by atoms with Gasteiger partial charge < -0.3 is 5.73 Å². The molecule has 1 aromatic carbocycles. The zero-order valence-corrected chi connectivity index (χ0v) is 6.75. The number of rotatable bonds is 1. The first-order valence-electron chi connectivity index (χ1n) is 3.09. The molecule has 0 fully saturated rings. The number of thioether (sulfide) groups is 1. The fourth-order valence-corrected chi connectivity index (χ4v) is 1.28. The maximum Gasteiger partial charge on any atom is 0.446 e. The van der Waals surface area contributed by atoms with E-state index in [0.29, 0.717) is 0 Å². The zero-order chi connectivity index (χ0) is 9.19. The highest BCUT2D eigenvalue weighted by atomic mass is 32.2. The first kappa shape index (κ1) is 9.25. The molecule has 0 amide bonds. The van der Waals surface area contributed by atoms with E-state index in [1.807, 2.05) is 0 Å². The minimum Gasteiger partial charge on any atom is -0.398 e.